The van der Waals surface area contributed by atoms with Crippen LogP contribution in [0.1, 0.15) is 6.92 Å². The monoisotopic (exact) mass is 333 g/mol. The maximum absolute atomic E-state index is 10.3. The lowest BCUT2D eigenvalue weighted by Crippen LogP contribution is -2.57. The number of ether oxygens (including phenoxy) is 1. The summed E-state index contributed by atoms with van der Waals surface area (Å²) in [5.41, 5.74) is -1.11. The van der Waals surface area contributed by atoms with Crippen LogP contribution in [0.4, 0.5) is 0 Å². The summed E-state index contributed by atoms with van der Waals surface area (Å²) in [4.78, 5) is 0. The molecule has 0 unspecified atom stereocenters. The second-order valence-corrected chi connectivity index (χ2v) is 6.22. The van der Waals surface area contributed by atoms with Crippen molar-refractivity contribution in [3.8, 4) is 0 Å². The van der Waals surface area contributed by atoms with Gasteiger partial charge in [0.25, 0.3) is 0 Å². The van der Waals surface area contributed by atoms with Gasteiger partial charge in [-0.15, -0.1) is 0 Å². The van der Waals surface area contributed by atoms with Gasteiger partial charge < -0.3 is 25.2 Å². The second-order valence-electron chi connectivity index (χ2n) is 3.93. The van der Waals surface area contributed by atoms with Crippen molar-refractivity contribution in [3.05, 3.63) is 0 Å². The summed E-state index contributed by atoms with van der Waals surface area (Å²) in [5.74, 6) is 0. The van der Waals surface area contributed by atoms with Crippen molar-refractivity contribution in [1.29, 1.82) is 0 Å². The largest absolute Gasteiger partial charge is 0.466 e. The van der Waals surface area contributed by atoms with Gasteiger partial charge in [-0.1, -0.05) is 16.9 Å². The van der Waals surface area contributed by atoms with Gasteiger partial charge in [0, 0.05) is 0 Å². The fraction of sp³-hybridized carbons (Fsp3) is 0.875. The van der Waals surface area contributed by atoms with E-state index in [9.17, 15) is 23.7 Å². The van der Waals surface area contributed by atoms with Crippen molar-refractivity contribution in [2.75, 3.05) is 6.61 Å². The quantitative estimate of drug-likeness (QED) is 0.163. The first-order valence-electron chi connectivity index (χ1n) is 5.33. The SMILES string of the molecule is C/C(=N/OS(=O)(=O)O)S[C@@H]1O[C@H](CO)[C@@H](O)[C@H](O)[C@H]1O. The van der Waals surface area contributed by atoms with Crippen molar-refractivity contribution in [3.63, 3.8) is 0 Å². The van der Waals surface area contributed by atoms with E-state index < -0.39 is 46.9 Å². The summed E-state index contributed by atoms with van der Waals surface area (Å²) in [6.45, 7) is 0.719. The first-order chi connectivity index (χ1) is 9.15. The topological polar surface area (TPSA) is 166 Å². The van der Waals surface area contributed by atoms with Crippen molar-refractivity contribution in [2.24, 2.45) is 5.16 Å². The van der Waals surface area contributed by atoms with Crippen molar-refractivity contribution in [1.82, 2.24) is 0 Å². The van der Waals surface area contributed by atoms with Crippen LogP contribution in [0, 0.1) is 0 Å². The summed E-state index contributed by atoms with van der Waals surface area (Å²) in [7, 11) is -4.74. The molecule has 0 aromatic rings. The summed E-state index contributed by atoms with van der Waals surface area (Å²) in [6, 6.07) is 0. The zero-order chi connectivity index (χ0) is 15.5. The minimum atomic E-state index is -4.74. The zero-order valence-corrected chi connectivity index (χ0v) is 11.9. The Morgan fingerprint density at radius 3 is 2.40 bits per heavy atom. The van der Waals surface area contributed by atoms with Crippen LogP contribution in [-0.2, 0) is 19.4 Å². The number of rotatable bonds is 4. The highest BCUT2D eigenvalue weighted by atomic mass is 32.3. The van der Waals surface area contributed by atoms with Crippen LogP contribution in [-0.4, -0.2) is 74.9 Å². The smallest absolute Gasteiger partial charge is 0.394 e. The summed E-state index contributed by atoms with van der Waals surface area (Å²) >= 11 is 0.689. The van der Waals surface area contributed by atoms with E-state index in [-0.39, 0.29) is 5.04 Å². The molecule has 0 spiro atoms. The number of nitrogens with zero attached hydrogens (tertiary/aromatic N) is 1. The molecule has 1 aliphatic rings. The van der Waals surface area contributed by atoms with E-state index >= 15 is 0 Å². The highest BCUT2D eigenvalue weighted by Gasteiger charge is 2.43. The molecule has 12 heteroatoms. The summed E-state index contributed by atoms with van der Waals surface area (Å²) in [5, 5.41) is 40.8. The molecule has 1 heterocycles. The number of hydrogen-bond acceptors (Lipinski definition) is 10. The Labute approximate surface area is 119 Å². The van der Waals surface area contributed by atoms with Crippen LogP contribution in [0.2, 0.25) is 0 Å². The molecule has 5 N–H and O–H groups in total. The van der Waals surface area contributed by atoms with Gasteiger partial charge in [0.15, 0.2) is 0 Å². The number of thioether (sulfide) groups is 1. The molecule has 118 valence electrons. The number of oxime groups is 1. The fourth-order valence-corrected chi connectivity index (χ4v) is 2.62. The third kappa shape index (κ3) is 4.82. The molecule has 0 saturated carbocycles. The van der Waals surface area contributed by atoms with E-state index in [1.54, 1.807) is 0 Å². The molecule has 0 radical (unpaired) electrons. The molecule has 0 bridgehead atoms. The maximum atomic E-state index is 10.3. The molecule has 0 amide bonds. The molecule has 0 aromatic carbocycles. The predicted molar refractivity (Wildman–Crippen MR) is 67.1 cm³/mol. The molecule has 1 aliphatic heterocycles. The molecule has 1 fully saturated rings. The van der Waals surface area contributed by atoms with Gasteiger partial charge in [0.2, 0.25) is 0 Å². The third-order valence-corrected chi connectivity index (χ3v) is 3.70. The highest BCUT2D eigenvalue weighted by molar-refractivity contribution is 8.14. The number of hydrogen-bond donors (Lipinski definition) is 5. The number of aliphatic hydroxyl groups excluding tert-OH is 4. The van der Waals surface area contributed by atoms with Gasteiger partial charge in [-0.05, 0) is 6.92 Å². The van der Waals surface area contributed by atoms with E-state index in [2.05, 4.69) is 9.44 Å². The first kappa shape index (κ1) is 17.6. The lowest BCUT2D eigenvalue weighted by molar-refractivity contribution is -0.205. The average molecular weight is 333 g/mol. The minimum absolute atomic E-state index is 0.0352. The minimum Gasteiger partial charge on any atom is -0.394 e. The fourth-order valence-electron chi connectivity index (χ4n) is 1.45. The van der Waals surface area contributed by atoms with Gasteiger partial charge in [-0.25, -0.2) is 4.28 Å². The molecular weight excluding hydrogens is 318 g/mol. The van der Waals surface area contributed by atoms with Gasteiger partial charge >= 0.3 is 10.4 Å². The molecule has 20 heavy (non-hydrogen) atoms. The molecule has 5 atom stereocenters. The van der Waals surface area contributed by atoms with Crippen LogP contribution >= 0.6 is 11.8 Å². The van der Waals surface area contributed by atoms with Crippen LogP contribution in [0.25, 0.3) is 0 Å². The van der Waals surface area contributed by atoms with E-state index in [4.69, 9.17) is 14.4 Å². The van der Waals surface area contributed by atoms with Gasteiger partial charge in [-0.2, -0.15) is 8.42 Å². The second kappa shape index (κ2) is 7.00. The van der Waals surface area contributed by atoms with Crippen LogP contribution < -0.4 is 0 Å². The Morgan fingerprint density at radius 1 is 1.30 bits per heavy atom. The molecule has 1 rings (SSSR count). The van der Waals surface area contributed by atoms with Gasteiger partial charge in [0.05, 0.1) is 6.61 Å². The predicted octanol–water partition coefficient (Wildman–Crippen LogP) is -2.33. The molecule has 1 saturated heterocycles. The Kier molecular flexibility index (Phi) is 6.15. The summed E-state index contributed by atoms with van der Waals surface area (Å²) in [6.07, 6.45) is -5.61. The van der Waals surface area contributed by atoms with E-state index in [0.717, 1.165) is 0 Å². The van der Waals surface area contributed by atoms with E-state index in [1.807, 2.05) is 0 Å². The normalized spacial score (nSPS) is 35.9. The summed E-state index contributed by atoms with van der Waals surface area (Å²) < 4.78 is 37.9. The maximum Gasteiger partial charge on any atom is 0.466 e. The van der Waals surface area contributed by atoms with E-state index in [1.165, 1.54) is 6.92 Å². The Bertz CT molecular complexity index is 451. The molecule has 0 aliphatic carbocycles. The number of aliphatic hydroxyl groups is 4. The van der Waals surface area contributed by atoms with Crippen LogP contribution in [0.5, 0.6) is 0 Å². The Hall–Kier alpha value is -0.470. The molecule has 10 nitrogen and oxygen atoms in total. The lowest BCUT2D eigenvalue weighted by atomic mass is 10.0. The Balaban J connectivity index is 2.71. The van der Waals surface area contributed by atoms with Crippen LogP contribution in [0.3, 0.4) is 0 Å². The van der Waals surface area contributed by atoms with Gasteiger partial charge in [0.1, 0.15) is 34.9 Å². The standard InChI is InChI=1S/C8H15NO9S2/c1-3(9-18-20(14,15)16)19-8-7(13)6(12)5(11)4(2-10)17-8/h4-8,10-13H,2H2,1H3,(H,14,15,16)/b9-3-/t4-,5-,6+,7-,8+/m1/s1. The third-order valence-electron chi connectivity index (χ3n) is 2.40. The van der Waals surface area contributed by atoms with Crippen LogP contribution in [0.15, 0.2) is 5.16 Å². The molecular formula is C8H15NO9S2. The lowest BCUT2D eigenvalue weighted by Gasteiger charge is -2.39. The highest BCUT2D eigenvalue weighted by Crippen LogP contribution is 2.29. The van der Waals surface area contributed by atoms with Crippen molar-refractivity contribution in [2.45, 2.75) is 36.8 Å². The van der Waals surface area contributed by atoms with Crippen molar-refractivity contribution < 1.29 is 42.4 Å². The van der Waals surface area contributed by atoms with Crippen molar-refractivity contribution >= 4 is 27.2 Å². The Morgan fingerprint density at radius 2 is 1.90 bits per heavy atom. The zero-order valence-electron chi connectivity index (χ0n) is 10.2. The van der Waals surface area contributed by atoms with Gasteiger partial charge in [-0.3, -0.25) is 4.55 Å². The molecule has 0 aromatic heterocycles. The first-order valence-corrected chi connectivity index (χ1v) is 7.58. The van der Waals surface area contributed by atoms with E-state index in [0.29, 0.717) is 11.8 Å². The average Bonchev–Trinajstić information content (AvgIpc) is 2.36.